The Bertz CT molecular complexity index is 339. The van der Waals surface area contributed by atoms with Crippen molar-refractivity contribution in [3.63, 3.8) is 0 Å². The molecule has 0 unspecified atom stereocenters. The second kappa shape index (κ2) is 5.19. The first-order valence-corrected chi connectivity index (χ1v) is 6.25. The third-order valence-corrected chi connectivity index (χ3v) is 3.33. The number of piperidine rings is 1. The minimum atomic E-state index is 0.323. The predicted octanol–water partition coefficient (Wildman–Crippen LogP) is 3.23. The first kappa shape index (κ1) is 11.2. The molecule has 1 aliphatic rings. The molecule has 4 heteroatoms. The molecule has 0 aromatic heterocycles. The minimum Gasteiger partial charge on any atom is -0.489 e. The van der Waals surface area contributed by atoms with Gasteiger partial charge >= 0.3 is 0 Å². The topological polar surface area (TPSA) is 21.3 Å². The highest BCUT2D eigenvalue weighted by Gasteiger charge is 2.15. The highest BCUT2D eigenvalue weighted by Crippen LogP contribution is 2.29. The molecule has 0 amide bonds. The van der Waals surface area contributed by atoms with Gasteiger partial charge in [0, 0.05) is 5.02 Å². The van der Waals surface area contributed by atoms with E-state index in [2.05, 4.69) is 21.2 Å². The van der Waals surface area contributed by atoms with Gasteiger partial charge in [-0.1, -0.05) is 11.6 Å². The van der Waals surface area contributed by atoms with Crippen molar-refractivity contribution >= 4 is 27.5 Å². The summed E-state index contributed by atoms with van der Waals surface area (Å²) < 4.78 is 6.82. The third kappa shape index (κ3) is 3.10. The fraction of sp³-hybridized carbons (Fsp3) is 0.455. The van der Waals surface area contributed by atoms with Gasteiger partial charge in [0.1, 0.15) is 11.9 Å². The van der Waals surface area contributed by atoms with Gasteiger partial charge in [-0.15, -0.1) is 0 Å². The van der Waals surface area contributed by atoms with Gasteiger partial charge in [0.25, 0.3) is 0 Å². The third-order valence-electron chi connectivity index (χ3n) is 2.47. The average molecular weight is 291 g/mol. The second-order valence-corrected chi connectivity index (χ2v) is 4.93. The Labute approximate surface area is 103 Å². The van der Waals surface area contributed by atoms with Gasteiger partial charge in [-0.25, -0.2) is 0 Å². The summed E-state index contributed by atoms with van der Waals surface area (Å²) in [5.41, 5.74) is 0. The lowest BCUT2D eigenvalue weighted by molar-refractivity contribution is 0.161. The van der Waals surface area contributed by atoms with E-state index in [0.717, 1.165) is 41.2 Å². The molecular weight excluding hydrogens is 277 g/mol. The van der Waals surface area contributed by atoms with Gasteiger partial charge < -0.3 is 10.1 Å². The molecule has 0 radical (unpaired) electrons. The molecule has 0 bridgehead atoms. The van der Waals surface area contributed by atoms with Crippen molar-refractivity contribution < 1.29 is 4.74 Å². The molecule has 15 heavy (non-hydrogen) atoms. The summed E-state index contributed by atoms with van der Waals surface area (Å²) in [6.07, 6.45) is 2.45. The summed E-state index contributed by atoms with van der Waals surface area (Å²) in [5.74, 6) is 0.881. The molecular formula is C11H13BrClNO. The zero-order chi connectivity index (χ0) is 10.7. The van der Waals surface area contributed by atoms with Crippen LogP contribution in [0.3, 0.4) is 0 Å². The lowest BCUT2D eigenvalue weighted by Gasteiger charge is -2.24. The molecule has 0 aliphatic carbocycles. The largest absolute Gasteiger partial charge is 0.489 e. The van der Waals surface area contributed by atoms with Crippen molar-refractivity contribution in [1.29, 1.82) is 0 Å². The molecule has 1 fully saturated rings. The van der Waals surface area contributed by atoms with Crippen LogP contribution in [0.25, 0.3) is 0 Å². The van der Waals surface area contributed by atoms with Gasteiger partial charge in [-0.3, -0.25) is 0 Å². The van der Waals surface area contributed by atoms with Crippen molar-refractivity contribution in [3.05, 3.63) is 27.7 Å². The number of rotatable bonds is 2. The van der Waals surface area contributed by atoms with E-state index >= 15 is 0 Å². The summed E-state index contributed by atoms with van der Waals surface area (Å²) >= 11 is 9.31. The Hall–Kier alpha value is -0.250. The lowest BCUT2D eigenvalue weighted by Crippen LogP contribution is -2.34. The zero-order valence-corrected chi connectivity index (χ0v) is 10.6. The molecule has 82 valence electrons. The van der Waals surface area contributed by atoms with E-state index in [1.165, 1.54) is 0 Å². The monoisotopic (exact) mass is 289 g/mol. The number of ether oxygens (including phenoxy) is 1. The first-order chi connectivity index (χ1) is 7.25. The molecule has 0 atom stereocenters. The van der Waals surface area contributed by atoms with Gasteiger partial charge in [-0.05, 0) is 60.1 Å². The van der Waals surface area contributed by atoms with E-state index in [1.54, 1.807) is 0 Å². The number of hydrogen-bond acceptors (Lipinski definition) is 2. The van der Waals surface area contributed by atoms with Crippen LogP contribution in [0.5, 0.6) is 5.75 Å². The Kier molecular flexibility index (Phi) is 3.89. The first-order valence-electron chi connectivity index (χ1n) is 5.08. The average Bonchev–Trinajstić information content (AvgIpc) is 2.24. The van der Waals surface area contributed by atoms with Gasteiger partial charge in [0.15, 0.2) is 0 Å². The summed E-state index contributed by atoms with van der Waals surface area (Å²) in [5, 5.41) is 4.03. The minimum absolute atomic E-state index is 0.323. The number of hydrogen-bond donors (Lipinski definition) is 1. The zero-order valence-electron chi connectivity index (χ0n) is 8.30. The maximum absolute atomic E-state index is 5.90. The summed E-state index contributed by atoms with van der Waals surface area (Å²) in [6, 6.07) is 5.62. The van der Waals surface area contributed by atoms with Crippen LogP contribution < -0.4 is 10.1 Å². The number of benzene rings is 1. The smallest absolute Gasteiger partial charge is 0.133 e. The highest BCUT2D eigenvalue weighted by molar-refractivity contribution is 9.10. The number of halogens is 2. The molecule has 0 spiro atoms. The molecule has 1 N–H and O–H groups in total. The molecule has 2 nitrogen and oxygen atoms in total. The van der Waals surface area contributed by atoms with Crippen LogP contribution in [0, 0.1) is 0 Å². The molecule has 1 aliphatic heterocycles. The fourth-order valence-corrected chi connectivity index (χ4v) is 2.44. The molecule has 2 rings (SSSR count). The van der Waals surface area contributed by atoms with Crippen molar-refractivity contribution in [3.8, 4) is 5.75 Å². The van der Waals surface area contributed by atoms with E-state index in [9.17, 15) is 0 Å². The Morgan fingerprint density at radius 1 is 1.33 bits per heavy atom. The van der Waals surface area contributed by atoms with Gasteiger partial charge in [0.05, 0.1) is 4.47 Å². The van der Waals surface area contributed by atoms with E-state index in [4.69, 9.17) is 16.3 Å². The summed E-state index contributed by atoms with van der Waals surface area (Å²) in [6.45, 7) is 2.08. The van der Waals surface area contributed by atoms with E-state index in [1.807, 2.05) is 18.2 Å². The molecule has 1 heterocycles. The van der Waals surface area contributed by atoms with Gasteiger partial charge in [-0.2, -0.15) is 0 Å². The van der Waals surface area contributed by atoms with Crippen molar-refractivity contribution in [1.82, 2.24) is 5.32 Å². The van der Waals surface area contributed by atoms with Crippen LogP contribution in [-0.4, -0.2) is 19.2 Å². The lowest BCUT2D eigenvalue weighted by atomic mass is 10.1. The van der Waals surface area contributed by atoms with Crippen LogP contribution in [0.1, 0.15) is 12.8 Å². The second-order valence-electron chi connectivity index (χ2n) is 3.64. The fourth-order valence-electron chi connectivity index (χ4n) is 1.66. The molecule has 1 aromatic rings. The van der Waals surface area contributed by atoms with Crippen LogP contribution >= 0.6 is 27.5 Å². The van der Waals surface area contributed by atoms with Crippen LogP contribution in [0.2, 0.25) is 5.02 Å². The standard InChI is InChI=1S/C11H13BrClNO/c12-10-7-8(13)1-2-11(10)15-9-3-5-14-6-4-9/h1-2,7,9,14H,3-6H2. The highest BCUT2D eigenvalue weighted by atomic mass is 79.9. The van der Waals surface area contributed by atoms with Crippen LogP contribution in [-0.2, 0) is 0 Å². The summed E-state index contributed by atoms with van der Waals surface area (Å²) in [4.78, 5) is 0. The Morgan fingerprint density at radius 2 is 2.07 bits per heavy atom. The van der Waals surface area contributed by atoms with Gasteiger partial charge in [0.2, 0.25) is 0 Å². The van der Waals surface area contributed by atoms with E-state index < -0.39 is 0 Å². The van der Waals surface area contributed by atoms with Crippen LogP contribution in [0.15, 0.2) is 22.7 Å². The maximum atomic E-state index is 5.90. The van der Waals surface area contributed by atoms with Crippen molar-refractivity contribution in [2.75, 3.05) is 13.1 Å². The normalized spacial score (nSPS) is 17.7. The Morgan fingerprint density at radius 3 is 2.73 bits per heavy atom. The maximum Gasteiger partial charge on any atom is 0.133 e. The van der Waals surface area contributed by atoms with E-state index in [0.29, 0.717) is 6.10 Å². The van der Waals surface area contributed by atoms with Crippen LogP contribution in [0.4, 0.5) is 0 Å². The summed E-state index contributed by atoms with van der Waals surface area (Å²) in [7, 11) is 0. The van der Waals surface area contributed by atoms with Crippen molar-refractivity contribution in [2.45, 2.75) is 18.9 Å². The molecule has 1 aromatic carbocycles. The van der Waals surface area contributed by atoms with E-state index in [-0.39, 0.29) is 0 Å². The molecule has 1 saturated heterocycles. The Balaban J connectivity index is 2.03. The quantitative estimate of drug-likeness (QED) is 0.903. The number of nitrogens with one attached hydrogen (secondary N) is 1. The molecule has 0 saturated carbocycles. The predicted molar refractivity (Wildman–Crippen MR) is 65.7 cm³/mol. The van der Waals surface area contributed by atoms with Crippen molar-refractivity contribution in [2.24, 2.45) is 0 Å². The SMILES string of the molecule is Clc1ccc(OC2CCNCC2)c(Br)c1.